The zero-order valence-electron chi connectivity index (χ0n) is 10.1. The van der Waals surface area contributed by atoms with Gasteiger partial charge in [-0.3, -0.25) is 4.79 Å². The van der Waals surface area contributed by atoms with Gasteiger partial charge in [-0.15, -0.1) is 0 Å². The molecule has 1 fully saturated rings. The second-order valence-corrected chi connectivity index (χ2v) is 4.80. The fraction of sp³-hybridized carbons (Fsp3) is 0.357. The molecule has 18 heavy (non-hydrogen) atoms. The fourth-order valence-corrected chi connectivity index (χ4v) is 2.89. The third-order valence-corrected chi connectivity index (χ3v) is 3.67. The van der Waals surface area contributed by atoms with Crippen LogP contribution in [-0.2, 0) is 4.79 Å². The standard InChI is InChI=1S/C14H16N2O2/c17-14(18)9-10-3-2-8-16(10)13-5-1-4-12-11(13)6-7-15-12/h1,4-7,10,15H,2-3,8-9H2,(H,17,18). The number of H-pyrrole nitrogens is 1. The van der Waals surface area contributed by atoms with Crippen LogP contribution in [0.15, 0.2) is 30.5 Å². The molecule has 1 aromatic carbocycles. The lowest BCUT2D eigenvalue weighted by Crippen LogP contribution is -2.31. The minimum Gasteiger partial charge on any atom is -0.481 e. The Balaban J connectivity index is 1.98. The van der Waals surface area contributed by atoms with Gasteiger partial charge in [-0.05, 0) is 31.0 Å². The van der Waals surface area contributed by atoms with Crippen molar-refractivity contribution in [1.82, 2.24) is 4.98 Å². The normalized spacial score (nSPS) is 19.6. The molecule has 4 nitrogen and oxygen atoms in total. The number of rotatable bonds is 3. The smallest absolute Gasteiger partial charge is 0.305 e. The third-order valence-electron chi connectivity index (χ3n) is 3.67. The van der Waals surface area contributed by atoms with Crippen LogP contribution in [-0.4, -0.2) is 28.6 Å². The summed E-state index contributed by atoms with van der Waals surface area (Å²) in [6, 6.07) is 8.32. The Hall–Kier alpha value is -1.97. The Morgan fingerprint density at radius 1 is 1.44 bits per heavy atom. The summed E-state index contributed by atoms with van der Waals surface area (Å²) < 4.78 is 0. The van der Waals surface area contributed by atoms with E-state index in [-0.39, 0.29) is 12.5 Å². The Labute approximate surface area is 105 Å². The summed E-state index contributed by atoms with van der Waals surface area (Å²) in [5.41, 5.74) is 2.26. The molecule has 1 unspecified atom stereocenters. The zero-order valence-corrected chi connectivity index (χ0v) is 10.1. The number of aromatic amines is 1. The first-order valence-corrected chi connectivity index (χ1v) is 6.30. The molecule has 0 saturated carbocycles. The van der Waals surface area contributed by atoms with Gasteiger partial charge < -0.3 is 15.0 Å². The average Bonchev–Trinajstić information content (AvgIpc) is 2.95. The number of nitrogens with one attached hydrogen (secondary N) is 1. The number of nitrogens with zero attached hydrogens (tertiary/aromatic N) is 1. The number of fused-ring (bicyclic) bond motifs is 1. The highest BCUT2D eigenvalue weighted by molar-refractivity contribution is 5.92. The van der Waals surface area contributed by atoms with E-state index in [1.54, 1.807) is 0 Å². The molecule has 94 valence electrons. The van der Waals surface area contributed by atoms with Crippen molar-refractivity contribution in [3.05, 3.63) is 30.5 Å². The van der Waals surface area contributed by atoms with Gasteiger partial charge in [0.2, 0.25) is 0 Å². The van der Waals surface area contributed by atoms with Gasteiger partial charge in [-0.2, -0.15) is 0 Å². The molecule has 0 bridgehead atoms. The lowest BCUT2D eigenvalue weighted by Gasteiger charge is -2.26. The Bertz CT molecular complexity index is 576. The van der Waals surface area contributed by atoms with Crippen molar-refractivity contribution in [3.8, 4) is 0 Å². The Morgan fingerprint density at radius 3 is 3.17 bits per heavy atom. The molecule has 0 radical (unpaired) electrons. The van der Waals surface area contributed by atoms with Crippen LogP contribution in [0, 0.1) is 0 Å². The molecule has 1 atom stereocenters. The Morgan fingerprint density at radius 2 is 2.33 bits per heavy atom. The molecule has 1 aliphatic rings. The quantitative estimate of drug-likeness (QED) is 0.872. The van der Waals surface area contributed by atoms with Crippen LogP contribution >= 0.6 is 0 Å². The van der Waals surface area contributed by atoms with E-state index in [0.29, 0.717) is 0 Å². The van der Waals surface area contributed by atoms with Gasteiger partial charge in [-0.25, -0.2) is 0 Å². The predicted molar refractivity (Wildman–Crippen MR) is 70.9 cm³/mol. The Kier molecular flexibility index (Phi) is 2.70. The number of hydrogen-bond donors (Lipinski definition) is 2. The molecule has 2 aromatic rings. The molecule has 1 aliphatic heterocycles. The molecule has 0 spiro atoms. The summed E-state index contributed by atoms with van der Waals surface area (Å²) in [7, 11) is 0. The number of aliphatic carboxylic acids is 1. The molecule has 2 N–H and O–H groups in total. The molecule has 0 aliphatic carbocycles. The van der Waals surface area contributed by atoms with Crippen LogP contribution in [0.1, 0.15) is 19.3 Å². The van der Waals surface area contributed by atoms with E-state index in [1.807, 2.05) is 18.3 Å². The number of aromatic nitrogens is 1. The third kappa shape index (κ3) is 1.83. The molecule has 2 heterocycles. The van der Waals surface area contributed by atoms with E-state index in [4.69, 9.17) is 5.11 Å². The van der Waals surface area contributed by atoms with Gasteiger partial charge in [-0.1, -0.05) is 6.07 Å². The minimum atomic E-state index is -0.715. The van der Waals surface area contributed by atoms with Crippen LogP contribution in [0.4, 0.5) is 5.69 Å². The lowest BCUT2D eigenvalue weighted by atomic mass is 10.1. The maximum absolute atomic E-state index is 10.9. The maximum Gasteiger partial charge on any atom is 0.305 e. The summed E-state index contributed by atoms with van der Waals surface area (Å²) >= 11 is 0. The van der Waals surface area contributed by atoms with Crippen LogP contribution in [0.3, 0.4) is 0 Å². The van der Waals surface area contributed by atoms with Crippen molar-refractivity contribution in [2.24, 2.45) is 0 Å². The molecule has 1 aromatic heterocycles. The number of carboxylic acids is 1. The number of benzene rings is 1. The predicted octanol–water partition coefficient (Wildman–Crippen LogP) is 2.61. The van der Waals surface area contributed by atoms with Gasteiger partial charge in [0.05, 0.1) is 6.42 Å². The first kappa shape index (κ1) is 11.1. The monoisotopic (exact) mass is 244 g/mol. The summed E-state index contributed by atoms with van der Waals surface area (Å²) in [4.78, 5) is 16.3. The minimum absolute atomic E-state index is 0.128. The van der Waals surface area contributed by atoms with Crippen molar-refractivity contribution in [1.29, 1.82) is 0 Å². The molecular formula is C14H16N2O2. The highest BCUT2D eigenvalue weighted by Crippen LogP contribution is 2.32. The zero-order chi connectivity index (χ0) is 12.5. The maximum atomic E-state index is 10.9. The van der Waals surface area contributed by atoms with Crippen molar-refractivity contribution < 1.29 is 9.90 Å². The molecule has 1 saturated heterocycles. The van der Waals surface area contributed by atoms with Gasteiger partial charge in [0.1, 0.15) is 0 Å². The second kappa shape index (κ2) is 4.37. The van der Waals surface area contributed by atoms with Crippen molar-refractivity contribution >= 4 is 22.6 Å². The number of carboxylic acid groups (broad SMARTS) is 1. The van der Waals surface area contributed by atoms with Crippen LogP contribution in [0.2, 0.25) is 0 Å². The highest BCUT2D eigenvalue weighted by atomic mass is 16.4. The number of anilines is 1. The van der Waals surface area contributed by atoms with Crippen molar-refractivity contribution in [2.45, 2.75) is 25.3 Å². The second-order valence-electron chi connectivity index (χ2n) is 4.80. The molecule has 3 rings (SSSR count). The van der Waals surface area contributed by atoms with Gasteiger partial charge >= 0.3 is 5.97 Å². The van der Waals surface area contributed by atoms with E-state index >= 15 is 0 Å². The van der Waals surface area contributed by atoms with E-state index in [1.165, 1.54) is 5.39 Å². The highest BCUT2D eigenvalue weighted by Gasteiger charge is 2.27. The summed E-state index contributed by atoms with van der Waals surface area (Å²) in [6.45, 7) is 0.947. The van der Waals surface area contributed by atoms with E-state index < -0.39 is 5.97 Å². The fourth-order valence-electron chi connectivity index (χ4n) is 2.89. The topological polar surface area (TPSA) is 56.3 Å². The molecule has 4 heteroatoms. The van der Waals surface area contributed by atoms with Gasteiger partial charge in [0.15, 0.2) is 0 Å². The lowest BCUT2D eigenvalue weighted by molar-refractivity contribution is -0.137. The molecular weight excluding hydrogens is 228 g/mol. The van der Waals surface area contributed by atoms with Crippen molar-refractivity contribution in [2.75, 3.05) is 11.4 Å². The first-order chi connectivity index (χ1) is 8.75. The summed E-state index contributed by atoms with van der Waals surface area (Å²) in [5.74, 6) is -0.715. The number of hydrogen-bond acceptors (Lipinski definition) is 2. The van der Waals surface area contributed by atoms with Crippen LogP contribution in [0.25, 0.3) is 10.9 Å². The van der Waals surface area contributed by atoms with E-state index in [2.05, 4.69) is 22.0 Å². The first-order valence-electron chi connectivity index (χ1n) is 6.30. The SMILES string of the molecule is O=C(O)CC1CCCN1c1cccc2[nH]ccc12. The largest absolute Gasteiger partial charge is 0.481 e. The van der Waals surface area contributed by atoms with E-state index in [0.717, 1.165) is 30.6 Å². The van der Waals surface area contributed by atoms with E-state index in [9.17, 15) is 4.79 Å². The summed E-state index contributed by atoms with van der Waals surface area (Å²) in [5, 5.41) is 10.2. The van der Waals surface area contributed by atoms with Crippen LogP contribution in [0.5, 0.6) is 0 Å². The summed E-state index contributed by atoms with van der Waals surface area (Å²) in [6.07, 6.45) is 4.18. The van der Waals surface area contributed by atoms with Crippen molar-refractivity contribution in [3.63, 3.8) is 0 Å². The number of carbonyl (C=O) groups is 1. The van der Waals surface area contributed by atoms with Crippen LogP contribution < -0.4 is 4.90 Å². The van der Waals surface area contributed by atoms with Gasteiger partial charge in [0, 0.05) is 35.4 Å². The molecule has 0 amide bonds. The van der Waals surface area contributed by atoms with Gasteiger partial charge in [0.25, 0.3) is 0 Å². The average molecular weight is 244 g/mol.